The van der Waals surface area contributed by atoms with Crippen LogP contribution in [0.2, 0.25) is 0 Å². The predicted molar refractivity (Wildman–Crippen MR) is 61.8 cm³/mol. The number of carbonyl (C=O) groups is 1. The van der Waals surface area contributed by atoms with Crippen LogP contribution in [-0.4, -0.2) is 72.1 Å². The van der Waals surface area contributed by atoms with Gasteiger partial charge in [0.2, 0.25) is 0 Å². The maximum absolute atomic E-state index is 12.1. The smallest absolute Gasteiger partial charge is 0.273 e. The van der Waals surface area contributed by atoms with Gasteiger partial charge in [-0.3, -0.25) is 4.90 Å². The van der Waals surface area contributed by atoms with Crippen molar-refractivity contribution in [1.29, 1.82) is 0 Å². The number of hydrogen-bond acceptors (Lipinski definition) is 5. The first kappa shape index (κ1) is 11.4. The molecule has 1 unspecified atom stereocenters. The minimum Gasteiger partial charge on any atom is -0.273 e. The molecule has 0 bridgehead atoms. The summed E-state index contributed by atoms with van der Waals surface area (Å²) in [5.41, 5.74) is 6.33. The molecule has 1 atom stereocenters. The molecule has 3 rings (SSSR count). The van der Waals surface area contributed by atoms with Gasteiger partial charge in [-0.25, -0.2) is 10.2 Å². The minimum absolute atomic E-state index is 0.0127. The van der Waals surface area contributed by atoms with Crippen molar-refractivity contribution in [3.8, 4) is 0 Å². The zero-order chi connectivity index (χ0) is 12.0. The fraction of sp³-hybridized carbons (Fsp3) is 0.900. The number of quaternary nitrogens is 1. The van der Waals surface area contributed by atoms with Crippen LogP contribution in [0, 0.1) is 0 Å². The van der Waals surface area contributed by atoms with Crippen molar-refractivity contribution in [2.24, 2.45) is 0 Å². The maximum atomic E-state index is 12.1. The average Bonchev–Trinajstić information content (AvgIpc) is 2.37. The van der Waals surface area contributed by atoms with Gasteiger partial charge < -0.3 is 0 Å². The highest BCUT2D eigenvalue weighted by molar-refractivity contribution is 5.65. The van der Waals surface area contributed by atoms with Gasteiger partial charge in [0.15, 0.2) is 6.29 Å². The molecule has 0 saturated carbocycles. The number of nitrogens with zero attached hydrogens (tertiary/aromatic N) is 4. The molecule has 3 aliphatic heterocycles. The lowest BCUT2D eigenvalue weighted by Gasteiger charge is -2.48. The molecule has 0 aliphatic carbocycles. The Morgan fingerprint density at radius 1 is 1.12 bits per heavy atom. The highest BCUT2D eigenvalue weighted by Gasteiger charge is 2.45. The molecule has 0 aromatic rings. The molecule has 3 fully saturated rings. The highest BCUT2D eigenvalue weighted by atomic mass is 16.2. The summed E-state index contributed by atoms with van der Waals surface area (Å²) in [6.45, 7) is 4.13. The van der Waals surface area contributed by atoms with Gasteiger partial charge >= 0.3 is 6.03 Å². The third-order valence-electron chi connectivity index (χ3n) is 3.70. The number of amides is 2. The van der Waals surface area contributed by atoms with Crippen LogP contribution in [0.3, 0.4) is 0 Å². The van der Waals surface area contributed by atoms with Crippen LogP contribution < -0.4 is 11.0 Å². The number of rotatable bonds is 0. The Kier molecular flexibility index (Phi) is 2.60. The summed E-state index contributed by atoms with van der Waals surface area (Å²) in [6.07, 6.45) is 2.42. The molecule has 7 nitrogen and oxygen atoms in total. The summed E-state index contributed by atoms with van der Waals surface area (Å²) in [5, 5.41) is 4.24. The molecule has 3 saturated heterocycles. The Morgan fingerprint density at radius 2 is 1.76 bits per heavy atom. The van der Waals surface area contributed by atoms with Crippen molar-refractivity contribution >= 4 is 6.03 Å². The van der Waals surface area contributed by atoms with E-state index in [0.29, 0.717) is 0 Å². The lowest BCUT2D eigenvalue weighted by Crippen LogP contribution is -2.69. The number of hydrogen-bond donors (Lipinski definition) is 2. The lowest BCUT2D eigenvalue weighted by atomic mass is 10.2. The molecular formula is C10H21N6O+. The minimum atomic E-state index is -0.0127. The van der Waals surface area contributed by atoms with Crippen LogP contribution in [0.15, 0.2) is 0 Å². The van der Waals surface area contributed by atoms with E-state index in [0.717, 1.165) is 39.0 Å². The summed E-state index contributed by atoms with van der Waals surface area (Å²) in [5.74, 6) is 0. The van der Waals surface area contributed by atoms with Crippen molar-refractivity contribution in [2.45, 2.75) is 19.1 Å². The Labute approximate surface area is 101 Å². The van der Waals surface area contributed by atoms with Crippen LogP contribution >= 0.6 is 0 Å². The van der Waals surface area contributed by atoms with E-state index in [2.05, 4.69) is 25.9 Å². The molecule has 0 radical (unpaired) electrons. The standard InChI is InChI=1S/C10H20N6O/c1-16(2)9(17)11-14-7-3-5-13-6-4-8-15(12-16)10(13)14/h10,12H,3-8H2,1-2H3/p+1. The molecule has 3 heterocycles. The second kappa shape index (κ2) is 3.89. The van der Waals surface area contributed by atoms with Gasteiger partial charge in [-0.05, 0) is 12.8 Å². The topological polar surface area (TPSA) is 50.9 Å². The van der Waals surface area contributed by atoms with Crippen LogP contribution in [-0.2, 0) is 0 Å². The summed E-state index contributed by atoms with van der Waals surface area (Å²) in [7, 11) is 3.74. The van der Waals surface area contributed by atoms with E-state index in [9.17, 15) is 4.79 Å². The zero-order valence-electron chi connectivity index (χ0n) is 10.5. The Balaban J connectivity index is 1.91. The predicted octanol–water partition coefficient (Wildman–Crippen LogP) is -0.882. The number of hydrazine groups is 2. The summed E-state index contributed by atoms with van der Waals surface area (Å²) in [4.78, 5) is 14.5. The number of carbonyl (C=O) groups excluding carboxylic acids is 1. The van der Waals surface area contributed by atoms with Gasteiger partial charge in [0, 0.05) is 26.2 Å². The summed E-state index contributed by atoms with van der Waals surface area (Å²) < 4.78 is 0.140. The average molecular weight is 241 g/mol. The second-order valence-electron chi connectivity index (χ2n) is 5.45. The third kappa shape index (κ3) is 1.84. The Hall–Kier alpha value is -0.730. The Bertz CT molecular complexity index is 331. The van der Waals surface area contributed by atoms with E-state index in [1.807, 2.05) is 14.1 Å². The normalized spacial score (nSPS) is 34.9. The zero-order valence-corrected chi connectivity index (χ0v) is 10.5. The van der Waals surface area contributed by atoms with Crippen LogP contribution in [0.5, 0.6) is 0 Å². The summed E-state index contributed by atoms with van der Waals surface area (Å²) >= 11 is 0. The third-order valence-corrected chi connectivity index (χ3v) is 3.70. The van der Waals surface area contributed by atoms with Gasteiger partial charge in [-0.15, -0.1) is 0 Å². The van der Waals surface area contributed by atoms with Crippen LogP contribution in [0.25, 0.3) is 0 Å². The molecule has 2 N–H and O–H groups in total. The first-order valence-electron chi connectivity index (χ1n) is 6.28. The Morgan fingerprint density at radius 3 is 2.47 bits per heavy atom. The van der Waals surface area contributed by atoms with Crippen LogP contribution in [0.4, 0.5) is 4.79 Å². The van der Waals surface area contributed by atoms with Crippen molar-refractivity contribution in [3.05, 3.63) is 0 Å². The van der Waals surface area contributed by atoms with Crippen molar-refractivity contribution in [2.75, 3.05) is 40.3 Å². The van der Waals surface area contributed by atoms with E-state index >= 15 is 0 Å². The molecule has 0 aromatic heterocycles. The molecule has 0 spiro atoms. The quantitative estimate of drug-likeness (QED) is 0.539. The molecule has 0 aromatic carbocycles. The van der Waals surface area contributed by atoms with E-state index in [1.54, 1.807) is 0 Å². The van der Waals surface area contributed by atoms with E-state index in [1.165, 1.54) is 0 Å². The van der Waals surface area contributed by atoms with Crippen molar-refractivity contribution < 1.29 is 9.39 Å². The largest absolute Gasteiger partial charge is 0.451 e. The van der Waals surface area contributed by atoms with Crippen LogP contribution in [0.1, 0.15) is 12.8 Å². The van der Waals surface area contributed by atoms with Gasteiger partial charge in [0.1, 0.15) is 0 Å². The number of urea groups is 1. The lowest BCUT2D eigenvalue weighted by molar-refractivity contribution is -0.874. The second-order valence-corrected chi connectivity index (χ2v) is 5.45. The van der Waals surface area contributed by atoms with Gasteiger partial charge in [-0.2, -0.15) is 14.6 Å². The molecule has 17 heavy (non-hydrogen) atoms. The molecule has 3 aliphatic rings. The van der Waals surface area contributed by atoms with Crippen molar-refractivity contribution in [1.82, 2.24) is 25.9 Å². The van der Waals surface area contributed by atoms with E-state index < -0.39 is 0 Å². The highest BCUT2D eigenvalue weighted by Crippen LogP contribution is 2.22. The van der Waals surface area contributed by atoms with Gasteiger partial charge in [0.25, 0.3) is 0 Å². The molecular weight excluding hydrogens is 220 g/mol. The molecule has 7 heteroatoms. The summed E-state index contributed by atoms with van der Waals surface area (Å²) in [6, 6.07) is -0.0127. The maximum Gasteiger partial charge on any atom is 0.451 e. The fourth-order valence-corrected chi connectivity index (χ4v) is 2.85. The molecule has 2 amide bonds. The first-order valence-corrected chi connectivity index (χ1v) is 6.28. The van der Waals surface area contributed by atoms with Crippen molar-refractivity contribution in [3.63, 3.8) is 0 Å². The van der Waals surface area contributed by atoms with E-state index in [4.69, 9.17) is 0 Å². The molecule has 96 valence electrons. The van der Waals surface area contributed by atoms with Gasteiger partial charge in [-0.1, -0.05) is 5.53 Å². The SMILES string of the molecule is C[N+]1(C)NN2CCCN3CCCN(NC1=O)C32. The first-order chi connectivity index (χ1) is 8.08. The monoisotopic (exact) mass is 241 g/mol. The number of nitrogens with one attached hydrogen (secondary N) is 2. The van der Waals surface area contributed by atoms with Gasteiger partial charge in [0.05, 0.1) is 14.1 Å². The van der Waals surface area contributed by atoms with E-state index in [-0.39, 0.29) is 16.9 Å². The fourth-order valence-electron chi connectivity index (χ4n) is 2.85.